The molecule has 0 saturated carbocycles. The lowest BCUT2D eigenvalue weighted by molar-refractivity contribution is -0.385. The van der Waals surface area contributed by atoms with E-state index in [0.29, 0.717) is 27.8 Å². The summed E-state index contributed by atoms with van der Waals surface area (Å²) in [6, 6.07) is 20.0. The Labute approximate surface area is 160 Å². The van der Waals surface area contributed by atoms with Gasteiger partial charge in [0.2, 0.25) is 5.91 Å². The fourth-order valence-corrected chi connectivity index (χ4v) is 2.68. The fourth-order valence-electron chi connectivity index (χ4n) is 2.51. The van der Waals surface area contributed by atoms with Gasteiger partial charge in [-0.05, 0) is 24.3 Å². The average Bonchev–Trinajstić information content (AvgIpc) is 2.65. The van der Waals surface area contributed by atoms with Crippen LogP contribution in [0.1, 0.15) is 5.56 Å². The Morgan fingerprint density at radius 3 is 2.33 bits per heavy atom. The number of hydrogen-bond donors (Lipinski definition) is 1. The predicted octanol–water partition coefficient (Wildman–Crippen LogP) is 5.22. The molecule has 0 aliphatic rings. The number of nitro benzene ring substituents is 1. The van der Waals surface area contributed by atoms with Gasteiger partial charge in [-0.2, -0.15) is 0 Å². The smallest absolute Gasteiger partial charge is 0.273 e. The molecule has 0 aliphatic carbocycles. The molecule has 0 heterocycles. The van der Waals surface area contributed by atoms with E-state index in [1.54, 1.807) is 66.7 Å². The quantitative estimate of drug-likeness (QED) is 0.468. The highest BCUT2D eigenvalue weighted by Gasteiger charge is 2.16. The molecular formula is C20H15ClN2O4. The lowest BCUT2D eigenvalue weighted by Crippen LogP contribution is -2.15. The zero-order valence-corrected chi connectivity index (χ0v) is 14.8. The average molecular weight is 383 g/mol. The molecule has 0 aromatic heterocycles. The maximum absolute atomic E-state index is 12.4. The van der Waals surface area contributed by atoms with Crippen LogP contribution in [-0.4, -0.2) is 10.8 Å². The van der Waals surface area contributed by atoms with E-state index < -0.39 is 4.92 Å². The summed E-state index contributed by atoms with van der Waals surface area (Å²) in [5, 5.41) is 14.3. The van der Waals surface area contributed by atoms with Crippen molar-refractivity contribution in [3.8, 4) is 11.5 Å². The van der Waals surface area contributed by atoms with Crippen LogP contribution in [0.25, 0.3) is 0 Å². The zero-order valence-electron chi connectivity index (χ0n) is 14.1. The van der Waals surface area contributed by atoms with Crippen LogP contribution in [0.5, 0.6) is 11.5 Å². The number of anilines is 1. The number of halogens is 1. The molecule has 0 unspecified atom stereocenters. The molecule has 0 aliphatic heterocycles. The number of nitro groups is 1. The number of nitrogens with one attached hydrogen (secondary N) is 1. The summed E-state index contributed by atoms with van der Waals surface area (Å²) in [6.07, 6.45) is -0.127. The van der Waals surface area contributed by atoms with Crippen molar-refractivity contribution in [3.63, 3.8) is 0 Å². The molecule has 1 amide bonds. The van der Waals surface area contributed by atoms with Crippen molar-refractivity contribution in [3.05, 3.63) is 93.5 Å². The van der Waals surface area contributed by atoms with Gasteiger partial charge < -0.3 is 10.1 Å². The van der Waals surface area contributed by atoms with Gasteiger partial charge in [0, 0.05) is 11.6 Å². The number of carbonyl (C=O) groups excluding carboxylic acids is 1. The van der Waals surface area contributed by atoms with E-state index in [1.807, 2.05) is 0 Å². The second-order valence-electron chi connectivity index (χ2n) is 5.64. The lowest BCUT2D eigenvalue weighted by Gasteiger charge is -2.13. The van der Waals surface area contributed by atoms with E-state index in [0.717, 1.165) is 0 Å². The normalized spacial score (nSPS) is 10.3. The van der Waals surface area contributed by atoms with Crippen molar-refractivity contribution in [1.29, 1.82) is 0 Å². The van der Waals surface area contributed by atoms with Crippen LogP contribution >= 0.6 is 11.6 Å². The summed E-state index contributed by atoms with van der Waals surface area (Å²) < 4.78 is 5.80. The minimum atomic E-state index is -0.503. The highest BCUT2D eigenvalue weighted by atomic mass is 35.5. The molecule has 6 nitrogen and oxygen atoms in total. The Bertz CT molecular complexity index is 991. The Morgan fingerprint density at radius 1 is 0.963 bits per heavy atom. The van der Waals surface area contributed by atoms with Gasteiger partial charge in [-0.25, -0.2) is 0 Å². The topological polar surface area (TPSA) is 81.5 Å². The SMILES string of the molecule is O=C(Cc1ccccc1[N+](=O)[O-])Nc1ccccc1Oc1ccccc1Cl. The molecular weight excluding hydrogens is 368 g/mol. The van der Waals surface area contributed by atoms with Gasteiger partial charge in [0.05, 0.1) is 22.1 Å². The standard InChI is InChI=1S/C20H15ClN2O4/c21-15-8-2-5-11-18(15)27-19-12-6-3-9-16(19)22-20(24)13-14-7-1-4-10-17(14)23(25)26/h1-12H,13H2,(H,22,24). The highest BCUT2D eigenvalue weighted by molar-refractivity contribution is 6.32. The molecule has 27 heavy (non-hydrogen) atoms. The molecule has 3 aromatic carbocycles. The Morgan fingerprint density at radius 2 is 1.59 bits per heavy atom. The summed E-state index contributed by atoms with van der Waals surface area (Å²) in [5.41, 5.74) is 0.693. The second kappa shape index (κ2) is 8.33. The van der Waals surface area contributed by atoms with Crippen molar-refractivity contribution < 1.29 is 14.5 Å². The van der Waals surface area contributed by atoms with Crippen LogP contribution in [0.3, 0.4) is 0 Å². The minimum absolute atomic E-state index is 0.0896. The largest absolute Gasteiger partial charge is 0.454 e. The predicted molar refractivity (Wildman–Crippen MR) is 103 cm³/mol. The maximum Gasteiger partial charge on any atom is 0.273 e. The van der Waals surface area contributed by atoms with Crippen LogP contribution in [-0.2, 0) is 11.2 Å². The van der Waals surface area contributed by atoms with Gasteiger partial charge in [-0.1, -0.05) is 54.1 Å². The molecule has 3 aromatic rings. The van der Waals surface area contributed by atoms with Crippen LogP contribution in [0.2, 0.25) is 5.02 Å². The van der Waals surface area contributed by atoms with Crippen molar-refractivity contribution in [2.45, 2.75) is 6.42 Å². The minimum Gasteiger partial charge on any atom is -0.454 e. The van der Waals surface area contributed by atoms with Crippen LogP contribution in [0.4, 0.5) is 11.4 Å². The Balaban J connectivity index is 1.78. The van der Waals surface area contributed by atoms with E-state index in [9.17, 15) is 14.9 Å². The van der Waals surface area contributed by atoms with Gasteiger partial charge in [0.25, 0.3) is 5.69 Å². The van der Waals surface area contributed by atoms with Gasteiger partial charge in [0.15, 0.2) is 5.75 Å². The van der Waals surface area contributed by atoms with Crippen LogP contribution in [0, 0.1) is 10.1 Å². The van der Waals surface area contributed by atoms with Crippen molar-refractivity contribution in [2.75, 3.05) is 5.32 Å². The third-order valence-corrected chi connectivity index (χ3v) is 4.07. The van der Waals surface area contributed by atoms with E-state index in [2.05, 4.69) is 5.32 Å². The van der Waals surface area contributed by atoms with E-state index in [-0.39, 0.29) is 18.0 Å². The number of rotatable bonds is 6. The van der Waals surface area contributed by atoms with Crippen molar-refractivity contribution >= 4 is 28.9 Å². The van der Waals surface area contributed by atoms with Gasteiger partial charge in [-0.3, -0.25) is 14.9 Å². The Kier molecular flexibility index (Phi) is 5.68. The van der Waals surface area contributed by atoms with E-state index in [4.69, 9.17) is 16.3 Å². The third-order valence-electron chi connectivity index (χ3n) is 3.76. The zero-order chi connectivity index (χ0) is 19.2. The molecule has 0 atom stereocenters. The van der Waals surface area contributed by atoms with Gasteiger partial charge >= 0.3 is 0 Å². The van der Waals surface area contributed by atoms with Crippen LogP contribution in [0.15, 0.2) is 72.8 Å². The van der Waals surface area contributed by atoms with Crippen LogP contribution < -0.4 is 10.1 Å². The van der Waals surface area contributed by atoms with Gasteiger partial charge in [0.1, 0.15) is 5.75 Å². The molecule has 3 rings (SSSR count). The fraction of sp³-hybridized carbons (Fsp3) is 0.0500. The lowest BCUT2D eigenvalue weighted by atomic mass is 10.1. The maximum atomic E-state index is 12.4. The molecule has 1 N–H and O–H groups in total. The molecule has 0 spiro atoms. The summed E-state index contributed by atoms with van der Waals surface area (Å²) in [4.78, 5) is 23.0. The number of benzene rings is 3. The van der Waals surface area contributed by atoms with E-state index in [1.165, 1.54) is 6.07 Å². The first kappa shape index (κ1) is 18.4. The summed E-state index contributed by atoms with van der Waals surface area (Å²) in [6.45, 7) is 0. The number of hydrogen-bond acceptors (Lipinski definition) is 4. The van der Waals surface area contributed by atoms with E-state index >= 15 is 0 Å². The first-order valence-electron chi connectivity index (χ1n) is 8.08. The first-order chi connectivity index (χ1) is 13.0. The number of nitrogens with zero attached hydrogens (tertiary/aromatic N) is 1. The third kappa shape index (κ3) is 4.62. The van der Waals surface area contributed by atoms with Crippen molar-refractivity contribution in [2.24, 2.45) is 0 Å². The first-order valence-corrected chi connectivity index (χ1v) is 8.46. The Hall–Kier alpha value is -3.38. The summed E-state index contributed by atoms with van der Waals surface area (Å²) in [5.74, 6) is 0.487. The summed E-state index contributed by atoms with van der Waals surface area (Å²) in [7, 11) is 0. The monoisotopic (exact) mass is 382 g/mol. The molecule has 7 heteroatoms. The highest BCUT2D eigenvalue weighted by Crippen LogP contribution is 2.33. The molecule has 0 radical (unpaired) electrons. The molecule has 136 valence electrons. The van der Waals surface area contributed by atoms with Gasteiger partial charge in [-0.15, -0.1) is 0 Å². The number of ether oxygens (including phenoxy) is 1. The van der Waals surface area contributed by atoms with Crippen molar-refractivity contribution in [1.82, 2.24) is 0 Å². The molecule has 0 bridgehead atoms. The number of amides is 1. The summed E-state index contributed by atoms with van der Waals surface area (Å²) >= 11 is 6.11. The second-order valence-corrected chi connectivity index (χ2v) is 6.05. The number of carbonyl (C=O) groups is 1. The number of para-hydroxylation sites is 4. The molecule has 0 saturated heterocycles. The molecule has 0 fully saturated rings.